The predicted molar refractivity (Wildman–Crippen MR) is 84.8 cm³/mol. The Morgan fingerprint density at radius 3 is 2.86 bits per heavy atom. The third-order valence-electron chi connectivity index (χ3n) is 4.25. The van der Waals surface area contributed by atoms with E-state index in [4.69, 9.17) is 0 Å². The van der Waals surface area contributed by atoms with Crippen LogP contribution in [0.15, 0.2) is 48.8 Å². The molecule has 0 atom stereocenters. The van der Waals surface area contributed by atoms with Crippen molar-refractivity contribution in [3.8, 4) is 0 Å². The molecule has 3 aromatic rings. The number of carbonyl (C=O) groups excluding carboxylic acids is 1. The Labute approximate surface area is 129 Å². The fraction of sp³-hybridized carbons (Fsp3) is 0.222. The van der Waals surface area contributed by atoms with Crippen LogP contribution in [-0.2, 0) is 13.0 Å². The minimum atomic E-state index is 0.0101. The molecule has 0 bridgehead atoms. The minimum absolute atomic E-state index is 0.0101. The summed E-state index contributed by atoms with van der Waals surface area (Å²) >= 11 is 0. The van der Waals surface area contributed by atoms with Gasteiger partial charge in [0.2, 0.25) is 0 Å². The smallest absolute Gasteiger partial charge is 0.274 e. The quantitative estimate of drug-likeness (QED) is 0.691. The van der Waals surface area contributed by atoms with E-state index in [1.807, 2.05) is 46.8 Å². The maximum Gasteiger partial charge on any atom is 0.274 e. The first-order valence-corrected chi connectivity index (χ1v) is 7.52. The zero-order valence-corrected chi connectivity index (χ0v) is 12.5. The molecule has 110 valence electrons. The van der Waals surface area contributed by atoms with Gasteiger partial charge in [0.15, 0.2) is 0 Å². The van der Waals surface area contributed by atoms with Crippen LogP contribution in [0, 0.1) is 6.92 Å². The zero-order chi connectivity index (χ0) is 15.1. The molecular formula is C18H17N3O. The van der Waals surface area contributed by atoms with Gasteiger partial charge in [-0.15, -0.1) is 0 Å². The third kappa shape index (κ3) is 2.17. The van der Waals surface area contributed by atoms with Crippen molar-refractivity contribution in [3.05, 3.63) is 71.2 Å². The number of aryl methyl sites for hydroxylation is 1. The van der Waals surface area contributed by atoms with Gasteiger partial charge in [-0.25, -0.2) is 4.98 Å². The Morgan fingerprint density at radius 2 is 2.00 bits per heavy atom. The van der Waals surface area contributed by atoms with Gasteiger partial charge < -0.3 is 9.30 Å². The molecule has 4 nitrogen and oxygen atoms in total. The zero-order valence-electron chi connectivity index (χ0n) is 12.5. The lowest BCUT2D eigenvalue weighted by Gasteiger charge is -2.28. The molecule has 0 saturated heterocycles. The van der Waals surface area contributed by atoms with Crippen LogP contribution in [0.3, 0.4) is 0 Å². The first-order valence-electron chi connectivity index (χ1n) is 7.52. The van der Waals surface area contributed by atoms with E-state index in [0.29, 0.717) is 12.2 Å². The number of rotatable bonds is 1. The molecule has 0 aliphatic carbocycles. The normalized spacial score (nSPS) is 14.1. The number of amides is 1. The van der Waals surface area contributed by atoms with Crippen LogP contribution in [0.1, 0.15) is 27.2 Å². The summed E-state index contributed by atoms with van der Waals surface area (Å²) in [5, 5.41) is 0. The highest BCUT2D eigenvalue weighted by Gasteiger charge is 2.23. The van der Waals surface area contributed by atoms with Crippen molar-refractivity contribution in [2.24, 2.45) is 0 Å². The van der Waals surface area contributed by atoms with Crippen molar-refractivity contribution in [2.75, 3.05) is 6.54 Å². The third-order valence-corrected chi connectivity index (χ3v) is 4.25. The number of pyridine rings is 1. The average Bonchev–Trinajstić information content (AvgIpc) is 2.96. The Balaban J connectivity index is 1.64. The summed E-state index contributed by atoms with van der Waals surface area (Å²) in [5.41, 5.74) is 5.06. The molecule has 4 rings (SSSR count). The Morgan fingerprint density at radius 1 is 1.18 bits per heavy atom. The number of nitrogens with zero attached hydrogens (tertiary/aromatic N) is 3. The van der Waals surface area contributed by atoms with E-state index >= 15 is 0 Å². The number of aromatic nitrogens is 2. The van der Waals surface area contributed by atoms with E-state index in [0.717, 1.165) is 24.2 Å². The van der Waals surface area contributed by atoms with Gasteiger partial charge in [-0.1, -0.05) is 24.3 Å². The van der Waals surface area contributed by atoms with Crippen LogP contribution in [0.2, 0.25) is 0 Å². The second-order valence-electron chi connectivity index (χ2n) is 5.84. The number of hydrogen-bond acceptors (Lipinski definition) is 2. The molecule has 0 radical (unpaired) electrons. The summed E-state index contributed by atoms with van der Waals surface area (Å²) in [6.07, 6.45) is 4.67. The van der Waals surface area contributed by atoms with E-state index in [-0.39, 0.29) is 5.91 Å². The lowest BCUT2D eigenvalue weighted by Crippen LogP contribution is -2.36. The van der Waals surface area contributed by atoms with Crippen molar-refractivity contribution in [1.82, 2.24) is 14.3 Å². The van der Waals surface area contributed by atoms with Crippen LogP contribution in [0.25, 0.3) is 5.65 Å². The standard InChI is InChI=1S/C18H17N3O/c1-13-6-8-20-12-16(19-17(20)10-13)18(22)21-9-7-14-4-2-3-5-15(14)11-21/h2-6,8,10,12H,7,9,11H2,1H3. The summed E-state index contributed by atoms with van der Waals surface area (Å²) in [6.45, 7) is 3.45. The van der Waals surface area contributed by atoms with Crippen molar-refractivity contribution < 1.29 is 4.79 Å². The second-order valence-corrected chi connectivity index (χ2v) is 5.84. The van der Waals surface area contributed by atoms with Crippen LogP contribution in [0.4, 0.5) is 0 Å². The Bertz CT molecular complexity index is 866. The van der Waals surface area contributed by atoms with Gasteiger partial charge in [-0.05, 0) is 42.2 Å². The lowest BCUT2D eigenvalue weighted by molar-refractivity contribution is 0.0729. The van der Waals surface area contributed by atoms with Gasteiger partial charge >= 0.3 is 0 Å². The molecule has 1 aliphatic heterocycles. The summed E-state index contributed by atoms with van der Waals surface area (Å²) in [4.78, 5) is 19.1. The highest BCUT2D eigenvalue weighted by molar-refractivity contribution is 5.93. The number of hydrogen-bond donors (Lipinski definition) is 0. The van der Waals surface area contributed by atoms with Gasteiger partial charge in [-0.2, -0.15) is 0 Å². The Hall–Kier alpha value is -2.62. The summed E-state index contributed by atoms with van der Waals surface area (Å²) in [7, 11) is 0. The largest absolute Gasteiger partial charge is 0.333 e. The van der Waals surface area contributed by atoms with E-state index in [2.05, 4.69) is 23.2 Å². The number of imidazole rings is 1. The summed E-state index contributed by atoms with van der Waals surface area (Å²) in [6, 6.07) is 12.3. The van der Waals surface area contributed by atoms with Gasteiger partial charge in [0.25, 0.3) is 5.91 Å². The molecule has 4 heteroatoms. The van der Waals surface area contributed by atoms with Crippen LogP contribution in [-0.4, -0.2) is 26.7 Å². The molecule has 22 heavy (non-hydrogen) atoms. The fourth-order valence-corrected chi connectivity index (χ4v) is 3.02. The highest BCUT2D eigenvalue weighted by Crippen LogP contribution is 2.20. The molecule has 0 unspecified atom stereocenters. The molecule has 3 heterocycles. The van der Waals surface area contributed by atoms with E-state index in [9.17, 15) is 4.79 Å². The molecule has 0 spiro atoms. The predicted octanol–water partition coefficient (Wildman–Crippen LogP) is 2.84. The molecule has 1 aromatic carbocycles. The molecule has 0 saturated carbocycles. The van der Waals surface area contributed by atoms with Gasteiger partial charge in [0.1, 0.15) is 11.3 Å². The monoisotopic (exact) mass is 291 g/mol. The highest BCUT2D eigenvalue weighted by atomic mass is 16.2. The second kappa shape index (κ2) is 4.98. The topological polar surface area (TPSA) is 37.6 Å². The van der Waals surface area contributed by atoms with Crippen LogP contribution >= 0.6 is 0 Å². The molecular weight excluding hydrogens is 274 g/mol. The lowest BCUT2D eigenvalue weighted by atomic mass is 10.00. The summed E-state index contributed by atoms with van der Waals surface area (Å²) < 4.78 is 1.90. The average molecular weight is 291 g/mol. The van der Waals surface area contributed by atoms with Gasteiger partial charge in [0, 0.05) is 25.5 Å². The van der Waals surface area contributed by atoms with Crippen molar-refractivity contribution >= 4 is 11.6 Å². The molecule has 1 aliphatic rings. The Kier molecular flexibility index (Phi) is 2.96. The summed E-state index contributed by atoms with van der Waals surface area (Å²) in [5.74, 6) is 0.0101. The van der Waals surface area contributed by atoms with Crippen molar-refractivity contribution in [2.45, 2.75) is 19.9 Å². The van der Waals surface area contributed by atoms with Gasteiger partial charge in [-0.3, -0.25) is 4.79 Å². The number of benzene rings is 1. The maximum absolute atomic E-state index is 12.7. The van der Waals surface area contributed by atoms with E-state index < -0.39 is 0 Å². The van der Waals surface area contributed by atoms with Crippen molar-refractivity contribution in [1.29, 1.82) is 0 Å². The van der Waals surface area contributed by atoms with E-state index in [1.54, 1.807) is 0 Å². The fourth-order valence-electron chi connectivity index (χ4n) is 3.02. The van der Waals surface area contributed by atoms with Gasteiger partial charge in [0.05, 0.1) is 0 Å². The SMILES string of the molecule is Cc1ccn2cc(C(=O)N3CCc4ccccc4C3)nc2c1. The molecule has 2 aromatic heterocycles. The molecule has 0 fully saturated rings. The van der Waals surface area contributed by atoms with Crippen LogP contribution in [0.5, 0.6) is 0 Å². The maximum atomic E-state index is 12.7. The first kappa shape index (κ1) is 13.1. The number of fused-ring (bicyclic) bond motifs is 2. The number of carbonyl (C=O) groups is 1. The molecule has 0 N–H and O–H groups in total. The van der Waals surface area contributed by atoms with Crippen LogP contribution < -0.4 is 0 Å². The molecule has 1 amide bonds. The van der Waals surface area contributed by atoms with E-state index in [1.165, 1.54) is 11.1 Å². The minimum Gasteiger partial charge on any atom is -0.333 e. The first-order chi connectivity index (χ1) is 10.7. The van der Waals surface area contributed by atoms with Crippen molar-refractivity contribution in [3.63, 3.8) is 0 Å².